The second kappa shape index (κ2) is 20.6. The summed E-state index contributed by atoms with van der Waals surface area (Å²) in [5, 5.41) is 9.74. The monoisotopic (exact) mass is 525 g/mol. The van der Waals surface area contributed by atoms with Crippen molar-refractivity contribution in [3.05, 3.63) is 121 Å². The molecule has 0 spiro atoms. The number of hydrogen-bond donors (Lipinski definition) is 1. The molecule has 2 unspecified atom stereocenters. The SMILES string of the molecule is C=C/C=C(\C=C/C/C=C/C=N[C@H]1C=C(Cl)C=CC1C=C)OC/C(=C/C=C\C)C(=C)OC(C)C(=O)O.CC. The van der Waals surface area contributed by atoms with E-state index in [1.807, 2.05) is 81.5 Å². The molecule has 0 fully saturated rings. The Bertz CT molecular complexity index is 993. The van der Waals surface area contributed by atoms with Gasteiger partial charge < -0.3 is 14.6 Å². The van der Waals surface area contributed by atoms with Crippen LogP contribution < -0.4 is 0 Å². The lowest BCUT2D eigenvalue weighted by atomic mass is 9.96. The molecular formula is C31H40ClNO4. The second-order valence-electron chi connectivity index (χ2n) is 7.41. The molecule has 5 nitrogen and oxygen atoms in total. The molecule has 1 rings (SSSR count). The largest absolute Gasteiger partial charge is 0.489 e. The van der Waals surface area contributed by atoms with Crippen LogP contribution in [-0.4, -0.2) is 36.0 Å². The van der Waals surface area contributed by atoms with Gasteiger partial charge in [0, 0.05) is 22.7 Å². The summed E-state index contributed by atoms with van der Waals surface area (Å²) in [5.74, 6) is -0.103. The Hall–Kier alpha value is -3.57. The van der Waals surface area contributed by atoms with Crippen LogP contribution >= 0.6 is 11.6 Å². The minimum absolute atomic E-state index is 0.0530. The topological polar surface area (TPSA) is 68.1 Å². The van der Waals surface area contributed by atoms with Gasteiger partial charge in [-0.25, -0.2) is 4.79 Å². The Morgan fingerprint density at radius 1 is 1.24 bits per heavy atom. The molecule has 0 saturated carbocycles. The molecule has 0 bridgehead atoms. The number of carboxylic acids is 1. The molecule has 0 aromatic heterocycles. The van der Waals surface area contributed by atoms with Crippen LogP contribution in [0.2, 0.25) is 0 Å². The standard InChI is InChI=1S/C29H34ClNO4.C2H6/c1-6-9-15-25(22(4)35-23(5)29(32)33)21-34-27(14-7-2)16-12-10-11-13-19-31-28-20-26(30)18-17-24(28)8-3;1-2/h6-9,11-20,23-24,28H,2-4,10,21H2,1,5H3,(H,32,33);1-2H3/b9-6-,13-11+,16-12-,25-15-,27-14+,31-19?;/t23?,24?,28-;/m0./s1. The van der Waals surface area contributed by atoms with Crippen molar-refractivity contribution in [2.75, 3.05) is 6.61 Å². The van der Waals surface area contributed by atoms with Gasteiger partial charge in [0.15, 0.2) is 6.10 Å². The van der Waals surface area contributed by atoms with Gasteiger partial charge in [-0.3, -0.25) is 4.99 Å². The number of ether oxygens (including phenoxy) is 2. The molecule has 0 radical (unpaired) electrons. The number of aliphatic carboxylic acids is 1. The number of allylic oxidation sites excluding steroid dienone is 11. The highest BCUT2D eigenvalue weighted by atomic mass is 35.5. The van der Waals surface area contributed by atoms with Crippen molar-refractivity contribution in [1.82, 2.24) is 0 Å². The Balaban J connectivity index is 0.00000631. The van der Waals surface area contributed by atoms with E-state index in [9.17, 15) is 4.79 Å². The summed E-state index contributed by atoms with van der Waals surface area (Å²) in [4.78, 5) is 15.6. The molecule has 1 aliphatic carbocycles. The highest BCUT2D eigenvalue weighted by Crippen LogP contribution is 2.22. The van der Waals surface area contributed by atoms with Gasteiger partial charge in [-0.05, 0) is 50.6 Å². The van der Waals surface area contributed by atoms with Gasteiger partial charge in [0.1, 0.15) is 18.1 Å². The van der Waals surface area contributed by atoms with E-state index in [4.69, 9.17) is 26.2 Å². The number of nitrogens with zero attached hydrogens (tertiary/aromatic N) is 1. The van der Waals surface area contributed by atoms with Crippen LogP contribution in [0.4, 0.5) is 0 Å². The molecule has 0 amide bonds. The molecule has 200 valence electrons. The van der Waals surface area contributed by atoms with Gasteiger partial charge in [-0.2, -0.15) is 0 Å². The Morgan fingerprint density at radius 2 is 1.97 bits per heavy atom. The van der Waals surface area contributed by atoms with Gasteiger partial charge in [0.2, 0.25) is 0 Å². The van der Waals surface area contributed by atoms with Crippen molar-refractivity contribution in [2.24, 2.45) is 10.9 Å². The Labute approximate surface area is 227 Å². The summed E-state index contributed by atoms with van der Waals surface area (Å²) in [6, 6.07) is -0.0530. The average molecular weight is 526 g/mol. The zero-order valence-corrected chi connectivity index (χ0v) is 23.1. The lowest BCUT2D eigenvalue weighted by molar-refractivity contribution is -0.146. The number of halogens is 1. The van der Waals surface area contributed by atoms with Crippen molar-refractivity contribution in [3.63, 3.8) is 0 Å². The maximum Gasteiger partial charge on any atom is 0.344 e. The molecule has 1 aliphatic rings. The third-order valence-corrected chi connectivity index (χ3v) is 4.95. The first-order valence-electron chi connectivity index (χ1n) is 12.2. The maximum absolute atomic E-state index is 11.1. The van der Waals surface area contributed by atoms with E-state index < -0.39 is 12.1 Å². The van der Waals surface area contributed by atoms with E-state index in [0.717, 1.165) is 0 Å². The molecule has 1 N–H and O–H groups in total. The molecule has 0 aliphatic heterocycles. The van der Waals surface area contributed by atoms with Gasteiger partial charge >= 0.3 is 5.97 Å². The number of aliphatic imine (C=N–C) groups is 1. The number of carbonyl (C=O) groups is 1. The van der Waals surface area contributed by atoms with Gasteiger partial charge in [0.25, 0.3) is 0 Å². The van der Waals surface area contributed by atoms with Crippen molar-refractivity contribution in [2.45, 2.75) is 46.3 Å². The first-order valence-corrected chi connectivity index (χ1v) is 12.6. The minimum atomic E-state index is -1.07. The maximum atomic E-state index is 11.1. The van der Waals surface area contributed by atoms with Crippen LogP contribution in [0, 0.1) is 5.92 Å². The third-order valence-electron chi connectivity index (χ3n) is 4.70. The fourth-order valence-corrected chi connectivity index (χ4v) is 2.96. The molecule has 0 aromatic rings. The van der Waals surface area contributed by atoms with E-state index in [1.165, 1.54) is 6.92 Å². The quantitative estimate of drug-likeness (QED) is 0.102. The van der Waals surface area contributed by atoms with Crippen molar-refractivity contribution < 1.29 is 19.4 Å². The van der Waals surface area contributed by atoms with Crippen molar-refractivity contribution in [3.8, 4) is 0 Å². The molecule has 0 saturated heterocycles. The van der Waals surface area contributed by atoms with Crippen LogP contribution in [0.1, 0.15) is 34.1 Å². The summed E-state index contributed by atoms with van der Waals surface area (Å²) in [6.07, 6.45) is 25.4. The fourth-order valence-electron chi connectivity index (χ4n) is 2.76. The minimum Gasteiger partial charge on any atom is -0.489 e. The van der Waals surface area contributed by atoms with Gasteiger partial charge in [-0.1, -0.05) is 87.2 Å². The van der Waals surface area contributed by atoms with E-state index in [1.54, 1.807) is 24.4 Å². The third kappa shape index (κ3) is 14.6. The summed E-state index contributed by atoms with van der Waals surface area (Å²) >= 11 is 6.06. The molecule has 0 aromatic carbocycles. The molecule has 37 heavy (non-hydrogen) atoms. The summed E-state index contributed by atoms with van der Waals surface area (Å²) in [7, 11) is 0. The lowest BCUT2D eigenvalue weighted by Crippen LogP contribution is -2.20. The highest BCUT2D eigenvalue weighted by molar-refractivity contribution is 6.31. The van der Waals surface area contributed by atoms with Crippen LogP contribution in [0.25, 0.3) is 0 Å². The zero-order chi connectivity index (χ0) is 28.1. The zero-order valence-electron chi connectivity index (χ0n) is 22.3. The van der Waals surface area contributed by atoms with Crippen molar-refractivity contribution in [1.29, 1.82) is 0 Å². The predicted octanol–water partition coefficient (Wildman–Crippen LogP) is 8.04. The second-order valence-corrected chi connectivity index (χ2v) is 7.85. The van der Waals surface area contributed by atoms with Gasteiger partial charge in [0.05, 0.1) is 6.04 Å². The van der Waals surface area contributed by atoms with Crippen LogP contribution in [0.5, 0.6) is 0 Å². The number of carboxylic acid groups (broad SMARTS) is 1. The molecule has 3 atom stereocenters. The average Bonchev–Trinajstić information content (AvgIpc) is 2.89. The highest BCUT2D eigenvalue weighted by Gasteiger charge is 2.16. The smallest absolute Gasteiger partial charge is 0.344 e. The fraction of sp³-hybridized carbons (Fsp3) is 0.290. The molecule has 0 heterocycles. The van der Waals surface area contributed by atoms with Crippen LogP contribution in [-0.2, 0) is 14.3 Å². The Kier molecular flexibility index (Phi) is 18.6. The first-order chi connectivity index (χ1) is 17.8. The van der Waals surface area contributed by atoms with E-state index in [0.29, 0.717) is 22.8 Å². The summed E-state index contributed by atoms with van der Waals surface area (Å²) in [5.41, 5.74) is 0.625. The number of rotatable bonds is 15. The molecule has 6 heteroatoms. The van der Waals surface area contributed by atoms with Crippen LogP contribution in [0.3, 0.4) is 0 Å². The summed E-state index contributed by atoms with van der Waals surface area (Å²) < 4.78 is 11.3. The van der Waals surface area contributed by atoms with E-state index in [-0.39, 0.29) is 24.3 Å². The van der Waals surface area contributed by atoms with E-state index in [2.05, 4.69) is 24.7 Å². The first kappa shape index (κ1) is 33.4. The lowest BCUT2D eigenvalue weighted by Gasteiger charge is -2.17. The van der Waals surface area contributed by atoms with E-state index >= 15 is 0 Å². The van der Waals surface area contributed by atoms with Crippen molar-refractivity contribution >= 4 is 23.8 Å². The Morgan fingerprint density at radius 3 is 2.59 bits per heavy atom. The van der Waals surface area contributed by atoms with Gasteiger partial charge in [-0.15, -0.1) is 6.58 Å². The number of hydrogen-bond acceptors (Lipinski definition) is 4. The normalized spacial score (nSPS) is 19.0. The summed E-state index contributed by atoms with van der Waals surface area (Å²) in [6.45, 7) is 18.9. The molecular weight excluding hydrogens is 486 g/mol. The van der Waals surface area contributed by atoms with Crippen LogP contribution in [0.15, 0.2) is 126 Å². The predicted molar refractivity (Wildman–Crippen MR) is 158 cm³/mol.